The van der Waals surface area contributed by atoms with Crippen LogP contribution in [-0.4, -0.2) is 17.6 Å². The lowest BCUT2D eigenvalue weighted by molar-refractivity contribution is -0.143. The van der Waals surface area contributed by atoms with Crippen molar-refractivity contribution < 1.29 is 9.53 Å². The minimum absolute atomic E-state index is 0.135. The molecule has 3 aromatic rings. The van der Waals surface area contributed by atoms with Gasteiger partial charge in [-0.25, -0.2) is 0 Å². The molecule has 0 saturated heterocycles. The molecule has 1 aromatic heterocycles. The first-order valence-corrected chi connectivity index (χ1v) is 8.56. The highest BCUT2D eigenvalue weighted by molar-refractivity contribution is 5.87. The largest absolute Gasteiger partial charge is 0.466 e. The van der Waals surface area contributed by atoms with E-state index < -0.39 is 0 Å². The Morgan fingerprint density at radius 3 is 2.71 bits per heavy atom. The van der Waals surface area contributed by atoms with E-state index in [-0.39, 0.29) is 5.97 Å². The summed E-state index contributed by atoms with van der Waals surface area (Å²) in [5.41, 5.74) is 6.02. The average Bonchev–Trinajstić information content (AvgIpc) is 3.03. The summed E-state index contributed by atoms with van der Waals surface area (Å²) in [6, 6.07) is 17.0. The molecule has 3 rings (SSSR count). The van der Waals surface area contributed by atoms with Crippen LogP contribution in [0.4, 0.5) is 0 Å². The number of hydrogen-bond acceptors (Lipinski definition) is 2. The van der Waals surface area contributed by atoms with E-state index in [0.717, 1.165) is 23.2 Å². The SMILES string of the molecule is CCOC(=O)CCc1ccc2[nH]c(-c3ccccc3CC)cc2c1. The Kier molecular flexibility index (Phi) is 4.99. The summed E-state index contributed by atoms with van der Waals surface area (Å²) in [7, 11) is 0. The van der Waals surface area contributed by atoms with Crippen molar-refractivity contribution >= 4 is 16.9 Å². The Balaban J connectivity index is 1.85. The van der Waals surface area contributed by atoms with Gasteiger partial charge in [0.2, 0.25) is 0 Å². The number of benzene rings is 2. The Hall–Kier alpha value is -2.55. The van der Waals surface area contributed by atoms with Gasteiger partial charge in [0.25, 0.3) is 0 Å². The van der Waals surface area contributed by atoms with Crippen LogP contribution < -0.4 is 0 Å². The van der Waals surface area contributed by atoms with Gasteiger partial charge < -0.3 is 9.72 Å². The van der Waals surface area contributed by atoms with E-state index in [2.05, 4.69) is 60.4 Å². The van der Waals surface area contributed by atoms with Gasteiger partial charge in [-0.3, -0.25) is 4.79 Å². The van der Waals surface area contributed by atoms with E-state index in [1.165, 1.54) is 16.5 Å². The zero-order valence-corrected chi connectivity index (χ0v) is 14.3. The van der Waals surface area contributed by atoms with Crippen LogP contribution in [-0.2, 0) is 22.4 Å². The second kappa shape index (κ2) is 7.35. The maximum absolute atomic E-state index is 11.5. The number of fused-ring (bicyclic) bond motifs is 1. The number of carbonyl (C=O) groups excluding carboxylic acids is 1. The second-order valence-corrected chi connectivity index (χ2v) is 5.92. The molecule has 0 aliphatic carbocycles. The molecule has 0 unspecified atom stereocenters. The molecule has 0 spiro atoms. The lowest BCUT2D eigenvalue weighted by Crippen LogP contribution is -2.04. The minimum atomic E-state index is -0.135. The van der Waals surface area contributed by atoms with Gasteiger partial charge in [-0.15, -0.1) is 0 Å². The van der Waals surface area contributed by atoms with Gasteiger partial charge in [0.05, 0.1) is 6.61 Å². The zero-order chi connectivity index (χ0) is 16.9. The molecule has 2 aromatic carbocycles. The topological polar surface area (TPSA) is 42.1 Å². The molecule has 0 aliphatic rings. The Morgan fingerprint density at radius 1 is 1.08 bits per heavy atom. The average molecular weight is 321 g/mol. The summed E-state index contributed by atoms with van der Waals surface area (Å²) in [5.74, 6) is -0.135. The van der Waals surface area contributed by atoms with Crippen LogP contribution in [0.5, 0.6) is 0 Å². The minimum Gasteiger partial charge on any atom is -0.466 e. The molecule has 1 heterocycles. The van der Waals surface area contributed by atoms with Gasteiger partial charge in [0.1, 0.15) is 0 Å². The van der Waals surface area contributed by atoms with Crippen molar-refractivity contribution in [3.63, 3.8) is 0 Å². The van der Waals surface area contributed by atoms with E-state index in [9.17, 15) is 4.79 Å². The summed E-state index contributed by atoms with van der Waals surface area (Å²) in [6.45, 7) is 4.45. The molecule has 0 aliphatic heterocycles. The zero-order valence-electron chi connectivity index (χ0n) is 14.3. The number of esters is 1. The normalized spacial score (nSPS) is 10.9. The van der Waals surface area contributed by atoms with Crippen LogP contribution in [0.15, 0.2) is 48.5 Å². The van der Waals surface area contributed by atoms with Crippen molar-refractivity contribution in [1.82, 2.24) is 4.98 Å². The molecule has 1 N–H and O–H groups in total. The fourth-order valence-electron chi connectivity index (χ4n) is 3.05. The monoisotopic (exact) mass is 321 g/mol. The van der Waals surface area contributed by atoms with Crippen molar-refractivity contribution in [2.24, 2.45) is 0 Å². The number of carbonyl (C=O) groups is 1. The lowest BCUT2D eigenvalue weighted by atomic mass is 10.0. The van der Waals surface area contributed by atoms with Crippen LogP contribution in [0, 0.1) is 0 Å². The maximum Gasteiger partial charge on any atom is 0.306 e. The lowest BCUT2D eigenvalue weighted by Gasteiger charge is -2.04. The summed E-state index contributed by atoms with van der Waals surface area (Å²) in [6.07, 6.45) is 2.15. The number of aryl methyl sites for hydroxylation is 2. The number of H-pyrrole nitrogens is 1. The molecule has 0 saturated carbocycles. The fraction of sp³-hybridized carbons (Fsp3) is 0.286. The van der Waals surface area contributed by atoms with Crippen LogP contribution >= 0.6 is 0 Å². The first-order valence-electron chi connectivity index (χ1n) is 8.56. The fourth-order valence-corrected chi connectivity index (χ4v) is 3.05. The predicted molar refractivity (Wildman–Crippen MR) is 98.1 cm³/mol. The molecule has 0 atom stereocenters. The summed E-state index contributed by atoms with van der Waals surface area (Å²) in [5, 5.41) is 1.18. The summed E-state index contributed by atoms with van der Waals surface area (Å²) in [4.78, 5) is 15.0. The van der Waals surface area contributed by atoms with Gasteiger partial charge in [0, 0.05) is 28.6 Å². The quantitative estimate of drug-likeness (QED) is 0.657. The predicted octanol–water partition coefficient (Wildman–Crippen LogP) is 4.89. The Labute approximate surface area is 142 Å². The highest BCUT2D eigenvalue weighted by Gasteiger charge is 2.08. The van der Waals surface area contributed by atoms with Crippen LogP contribution in [0.2, 0.25) is 0 Å². The number of hydrogen-bond donors (Lipinski definition) is 1. The highest BCUT2D eigenvalue weighted by atomic mass is 16.5. The van der Waals surface area contributed by atoms with E-state index in [4.69, 9.17) is 4.74 Å². The molecule has 0 bridgehead atoms. The van der Waals surface area contributed by atoms with Crippen LogP contribution in [0.3, 0.4) is 0 Å². The Morgan fingerprint density at radius 2 is 1.92 bits per heavy atom. The third kappa shape index (κ3) is 3.51. The molecular weight excluding hydrogens is 298 g/mol. The molecule has 24 heavy (non-hydrogen) atoms. The molecule has 124 valence electrons. The molecule has 0 radical (unpaired) electrons. The maximum atomic E-state index is 11.5. The number of aromatic amines is 1. The van der Waals surface area contributed by atoms with Gasteiger partial charge in [-0.05, 0) is 49.1 Å². The van der Waals surface area contributed by atoms with Crippen molar-refractivity contribution in [3.8, 4) is 11.3 Å². The number of ether oxygens (including phenoxy) is 1. The van der Waals surface area contributed by atoms with Crippen molar-refractivity contribution in [3.05, 3.63) is 59.7 Å². The first-order chi connectivity index (χ1) is 11.7. The van der Waals surface area contributed by atoms with Gasteiger partial charge >= 0.3 is 5.97 Å². The standard InChI is InChI=1S/C21H23NO2/c1-3-16-7-5-6-8-18(16)20-14-17-13-15(9-11-19(17)22-20)10-12-21(23)24-4-2/h5-9,11,13-14,22H,3-4,10,12H2,1-2H3. The smallest absolute Gasteiger partial charge is 0.306 e. The molecular formula is C21H23NO2. The second-order valence-electron chi connectivity index (χ2n) is 5.92. The summed E-state index contributed by atoms with van der Waals surface area (Å²) < 4.78 is 4.99. The van der Waals surface area contributed by atoms with Crippen LogP contribution in [0.1, 0.15) is 31.4 Å². The van der Waals surface area contributed by atoms with Crippen molar-refractivity contribution in [2.45, 2.75) is 33.1 Å². The van der Waals surface area contributed by atoms with Gasteiger partial charge in [-0.2, -0.15) is 0 Å². The van der Waals surface area contributed by atoms with Crippen LogP contribution in [0.25, 0.3) is 22.2 Å². The van der Waals surface area contributed by atoms with Crippen molar-refractivity contribution in [2.75, 3.05) is 6.61 Å². The number of aromatic nitrogens is 1. The van der Waals surface area contributed by atoms with E-state index in [0.29, 0.717) is 19.4 Å². The number of rotatable bonds is 6. The third-order valence-corrected chi connectivity index (χ3v) is 4.30. The molecule has 0 amide bonds. The highest BCUT2D eigenvalue weighted by Crippen LogP contribution is 2.28. The van der Waals surface area contributed by atoms with Gasteiger partial charge in [-0.1, -0.05) is 37.3 Å². The van der Waals surface area contributed by atoms with E-state index >= 15 is 0 Å². The third-order valence-electron chi connectivity index (χ3n) is 4.30. The Bertz CT molecular complexity index is 848. The molecule has 3 nitrogen and oxygen atoms in total. The molecule has 0 fully saturated rings. The van der Waals surface area contributed by atoms with Gasteiger partial charge in [0.15, 0.2) is 0 Å². The van der Waals surface area contributed by atoms with Crippen molar-refractivity contribution in [1.29, 1.82) is 0 Å². The van der Waals surface area contributed by atoms with E-state index in [1.54, 1.807) is 0 Å². The molecule has 3 heteroatoms. The van der Waals surface area contributed by atoms with E-state index in [1.807, 2.05) is 6.92 Å². The number of nitrogens with one attached hydrogen (secondary N) is 1. The first kappa shape index (κ1) is 16.3. The summed E-state index contributed by atoms with van der Waals surface area (Å²) >= 11 is 0.